The molecule has 3 amide bonds. The van der Waals surface area contributed by atoms with Crippen LogP contribution in [-0.2, 0) is 4.79 Å². The summed E-state index contributed by atoms with van der Waals surface area (Å²) >= 11 is 5.68. The first kappa shape index (κ1) is 11.5. The maximum Gasteiger partial charge on any atom is 0.328 e. The number of carbonyl (C=O) groups excluding carboxylic acids is 2. The van der Waals surface area contributed by atoms with Gasteiger partial charge < -0.3 is 5.32 Å². The van der Waals surface area contributed by atoms with E-state index in [1.807, 2.05) is 0 Å². The number of imide groups is 1. The van der Waals surface area contributed by atoms with Crippen LogP contribution in [0.15, 0.2) is 24.3 Å². The Morgan fingerprint density at radius 1 is 1.27 bits per heavy atom. The number of nitrogens with one attached hydrogen (secondary N) is 1. The molecule has 1 N–H and O–H groups in total. The molecule has 5 heteroatoms. The molecule has 0 atom stereocenters. The van der Waals surface area contributed by atoms with Crippen molar-refractivity contribution in [1.82, 2.24) is 4.90 Å². The maximum atomic E-state index is 11.4. The van der Waals surface area contributed by atoms with Gasteiger partial charge >= 0.3 is 6.03 Å². The Hall–Kier alpha value is -1.55. The summed E-state index contributed by atoms with van der Waals surface area (Å²) in [6.07, 6.45) is 0. The van der Waals surface area contributed by atoms with Crippen molar-refractivity contribution in [2.75, 3.05) is 12.4 Å². The molecule has 0 saturated carbocycles. The van der Waals surface area contributed by atoms with Gasteiger partial charge in [0.05, 0.1) is 0 Å². The SMILES string of the molecule is CC(=O)N(C)C(=O)Nc1ccc(Cl)cc1. The zero-order valence-corrected chi connectivity index (χ0v) is 9.21. The van der Waals surface area contributed by atoms with Crippen LogP contribution in [0.3, 0.4) is 0 Å². The summed E-state index contributed by atoms with van der Waals surface area (Å²) in [6, 6.07) is 6.17. The van der Waals surface area contributed by atoms with Gasteiger partial charge in [-0.1, -0.05) is 11.6 Å². The lowest BCUT2D eigenvalue weighted by Gasteiger charge is -2.13. The van der Waals surface area contributed by atoms with Gasteiger partial charge in [0.1, 0.15) is 0 Å². The van der Waals surface area contributed by atoms with Crippen LogP contribution >= 0.6 is 11.6 Å². The van der Waals surface area contributed by atoms with Gasteiger partial charge in [0, 0.05) is 24.7 Å². The van der Waals surface area contributed by atoms with Crippen LogP contribution in [0.4, 0.5) is 10.5 Å². The molecule has 1 rings (SSSR count). The number of urea groups is 1. The zero-order valence-electron chi connectivity index (χ0n) is 8.45. The van der Waals surface area contributed by atoms with Crippen LogP contribution < -0.4 is 5.32 Å². The molecular formula is C10H11ClN2O2. The second-order valence-corrected chi connectivity index (χ2v) is 3.45. The highest BCUT2D eigenvalue weighted by molar-refractivity contribution is 6.30. The quantitative estimate of drug-likeness (QED) is 0.799. The Bertz CT molecular complexity index is 376. The molecule has 0 fully saturated rings. The van der Waals surface area contributed by atoms with Gasteiger partial charge in [0.15, 0.2) is 0 Å². The van der Waals surface area contributed by atoms with E-state index in [4.69, 9.17) is 11.6 Å². The van der Waals surface area contributed by atoms with Crippen LogP contribution in [-0.4, -0.2) is 23.9 Å². The Kier molecular flexibility index (Phi) is 3.68. The Labute approximate surface area is 92.8 Å². The van der Waals surface area contributed by atoms with Crippen LogP contribution in [0.2, 0.25) is 5.02 Å². The molecule has 4 nitrogen and oxygen atoms in total. The highest BCUT2D eigenvalue weighted by atomic mass is 35.5. The van der Waals surface area contributed by atoms with Gasteiger partial charge in [0.25, 0.3) is 0 Å². The van der Waals surface area contributed by atoms with Crippen LogP contribution in [0.25, 0.3) is 0 Å². The lowest BCUT2D eigenvalue weighted by atomic mass is 10.3. The van der Waals surface area contributed by atoms with E-state index in [1.54, 1.807) is 24.3 Å². The van der Waals surface area contributed by atoms with E-state index in [-0.39, 0.29) is 5.91 Å². The van der Waals surface area contributed by atoms with Gasteiger partial charge in [-0.25, -0.2) is 4.79 Å². The Balaban J connectivity index is 2.66. The number of rotatable bonds is 1. The first-order valence-electron chi connectivity index (χ1n) is 4.31. The van der Waals surface area contributed by atoms with Gasteiger partial charge in [-0.2, -0.15) is 0 Å². The molecule has 1 aromatic rings. The van der Waals surface area contributed by atoms with Crippen molar-refractivity contribution in [1.29, 1.82) is 0 Å². The molecule has 0 unspecified atom stereocenters. The summed E-state index contributed by atoms with van der Waals surface area (Å²) in [4.78, 5) is 23.3. The van der Waals surface area contributed by atoms with Crippen molar-refractivity contribution < 1.29 is 9.59 Å². The molecule has 0 saturated heterocycles. The molecule has 0 aromatic heterocycles. The molecule has 15 heavy (non-hydrogen) atoms. The van der Waals surface area contributed by atoms with E-state index < -0.39 is 6.03 Å². The third-order valence-electron chi connectivity index (χ3n) is 1.87. The molecule has 0 aliphatic rings. The van der Waals surface area contributed by atoms with Gasteiger partial charge in [-0.15, -0.1) is 0 Å². The lowest BCUT2D eigenvalue weighted by Crippen LogP contribution is -2.34. The Morgan fingerprint density at radius 3 is 2.27 bits per heavy atom. The monoisotopic (exact) mass is 226 g/mol. The fraction of sp³-hybridized carbons (Fsp3) is 0.200. The minimum atomic E-state index is -0.468. The summed E-state index contributed by atoms with van der Waals surface area (Å²) in [5.41, 5.74) is 0.595. The average Bonchev–Trinajstić information content (AvgIpc) is 2.20. The second-order valence-electron chi connectivity index (χ2n) is 3.02. The summed E-state index contributed by atoms with van der Waals surface area (Å²) < 4.78 is 0. The molecule has 0 aliphatic carbocycles. The molecule has 1 aromatic carbocycles. The largest absolute Gasteiger partial charge is 0.328 e. The predicted octanol–water partition coefficient (Wildman–Crippen LogP) is 2.35. The fourth-order valence-electron chi connectivity index (χ4n) is 0.884. The third kappa shape index (κ3) is 3.25. The fourth-order valence-corrected chi connectivity index (χ4v) is 1.01. The average molecular weight is 227 g/mol. The van der Waals surface area contributed by atoms with Gasteiger partial charge in [-0.05, 0) is 24.3 Å². The highest BCUT2D eigenvalue weighted by Gasteiger charge is 2.11. The van der Waals surface area contributed by atoms with E-state index in [9.17, 15) is 9.59 Å². The van der Waals surface area contributed by atoms with Crippen molar-refractivity contribution in [2.45, 2.75) is 6.92 Å². The zero-order chi connectivity index (χ0) is 11.4. The number of anilines is 1. The first-order chi connectivity index (χ1) is 7.00. The molecule has 80 valence electrons. The minimum Gasteiger partial charge on any atom is -0.307 e. The molecule has 0 heterocycles. The van der Waals surface area contributed by atoms with Crippen LogP contribution in [0.1, 0.15) is 6.92 Å². The number of benzene rings is 1. The van der Waals surface area contributed by atoms with E-state index in [2.05, 4.69) is 5.32 Å². The van der Waals surface area contributed by atoms with E-state index in [0.717, 1.165) is 4.90 Å². The lowest BCUT2D eigenvalue weighted by molar-refractivity contribution is -0.124. The van der Waals surface area contributed by atoms with Crippen molar-refractivity contribution in [3.8, 4) is 0 Å². The number of halogens is 1. The summed E-state index contributed by atoms with van der Waals surface area (Å²) in [7, 11) is 1.41. The molecule has 0 aliphatic heterocycles. The van der Waals surface area contributed by atoms with E-state index >= 15 is 0 Å². The number of hydrogen-bond donors (Lipinski definition) is 1. The van der Waals surface area contributed by atoms with E-state index in [0.29, 0.717) is 10.7 Å². The number of nitrogens with zero attached hydrogens (tertiary/aromatic N) is 1. The topological polar surface area (TPSA) is 49.4 Å². The first-order valence-corrected chi connectivity index (χ1v) is 4.69. The van der Waals surface area contributed by atoms with Gasteiger partial charge in [0.2, 0.25) is 5.91 Å². The number of carbonyl (C=O) groups is 2. The van der Waals surface area contributed by atoms with Crippen LogP contribution in [0.5, 0.6) is 0 Å². The maximum absolute atomic E-state index is 11.4. The smallest absolute Gasteiger partial charge is 0.307 e. The Morgan fingerprint density at radius 2 is 1.80 bits per heavy atom. The third-order valence-corrected chi connectivity index (χ3v) is 2.12. The summed E-state index contributed by atoms with van der Waals surface area (Å²) in [5, 5.41) is 3.15. The molecule has 0 spiro atoms. The minimum absolute atomic E-state index is 0.318. The molecule has 0 bridgehead atoms. The molecule has 0 radical (unpaired) electrons. The van der Waals surface area contributed by atoms with Crippen molar-refractivity contribution >= 4 is 29.2 Å². The van der Waals surface area contributed by atoms with Crippen molar-refractivity contribution in [3.05, 3.63) is 29.3 Å². The second kappa shape index (κ2) is 4.79. The number of hydrogen-bond acceptors (Lipinski definition) is 2. The highest BCUT2D eigenvalue weighted by Crippen LogP contribution is 2.13. The summed E-state index contributed by atoms with van der Waals surface area (Å²) in [5.74, 6) is -0.318. The predicted molar refractivity (Wildman–Crippen MR) is 58.9 cm³/mol. The van der Waals surface area contributed by atoms with Gasteiger partial charge in [-0.3, -0.25) is 9.69 Å². The standard InChI is InChI=1S/C10H11ClN2O2/c1-7(14)13(2)10(15)12-9-5-3-8(11)4-6-9/h3-6H,1-2H3,(H,12,15). The summed E-state index contributed by atoms with van der Waals surface area (Å²) in [6.45, 7) is 1.32. The van der Waals surface area contributed by atoms with Crippen molar-refractivity contribution in [3.63, 3.8) is 0 Å². The van der Waals surface area contributed by atoms with Crippen molar-refractivity contribution in [2.24, 2.45) is 0 Å². The molecular weight excluding hydrogens is 216 g/mol. The number of amides is 3. The van der Waals surface area contributed by atoms with Crippen LogP contribution in [0, 0.1) is 0 Å². The normalized spacial score (nSPS) is 9.53. The van der Waals surface area contributed by atoms with E-state index in [1.165, 1.54) is 14.0 Å².